The molecule has 4 unspecified atom stereocenters. The summed E-state index contributed by atoms with van der Waals surface area (Å²) in [4.78, 5) is 19.2. The molecule has 5 aliphatic rings. The van der Waals surface area contributed by atoms with Crippen LogP contribution in [0.25, 0.3) is 32.9 Å². The first-order valence-electron chi connectivity index (χ1n) is 16.2. The number of pyridine rings is 1. The maximum Gasteiger partial charge on any atom is 0.319 e. The van der Waals surface area contributed by atoms with E-state index in [1.165, 1.54) is 12.5 Å². The smallest absolute Gasteiger partial charge is 0.319 e. The van der Waals surface area contributed by atoms with Crippen molar-refractivity contribution in [1.82, 2.24) is 25.2 Å². The molecule has 8 nitrogen and oxygen atoms in total. The van der Waals surface area contributed by atoms with Gasteiger partial charge in [0.05, 0.1) is 10.9 Å². The summed E-state index contributed by atoms with van der Waals surface area (Å²) in [6.45, 7) is 3.12. The molecule has 2 N–H and O–H groups in total. The SMILES string of the molecule is C#Cc1cccc2cc(O)cc(-c3ncc4c(N5CC6CCC(C5)N6)nc(OCC56CCCN5C5CCC=C5C6)nc4c3F)c12. The molecule has 9 rings (SSSR count). The van der Waals surface area contributed by atoms with Crippen LogP contribution in [0.15, 0.2) is 48.2 Å². The molecule has 0 spiro atoms. The third-order valence-corrected chi connectivity index (χ3v) is 10.8. The minimum absolute atomic E-state index is 0.00785. The standard InChI is InChI=1S/C36H35FN6O2/c1-2-21-6-3-7-22-14-26(44)15-27(30(21)22)32-31(37)33-28(17-38-32)34(42-18-24-10-11-25(19-42)39-24)41-35(40-33)45-20-36-12-5-13-43(36)29-9-4-8-23(29)16-36/h1,3,6-8,14-15,17,24-25,29,39,44H,4-5,9-13,16,18-20H2. The highest BCUT2D eigenvalue weighted by atomic mass is 19.1. The molecule has 4 aliphatic heterocycles. The fourth-order valence-electron chi connectivity index (χ4n) is 8.92. The summed E-state index contributed by atoms with van der Waals surface area (Å²) in [6, 6.07) is 10.1. The summed E-state index contributed by atoms with van der Waals surface area (Å²) in [5.41, 5.74) is 2.75. The molecule has 0 radical (unpaired) electrons. The van der Waals surface area contributed by atoms with Crippen molar-refractivity contribution in [2.45, 2.75) is 68.6 Å². The number of aromatic nitrogens is 3. The molecule has 0 saturated carbocycles. The van der Waals surface area contributed by atoms with Gasteiger partial charge in [-0.3, -0.25) is 9.88 Å². The van der Waals surface area contributed by atoms with Crippen molar-refractivity contribution >= 4 is 27.5 Å². The van der Waals surface area contributed by atoms with Gasteiger partial charge in [0.15, 0.2) is 5.82 Å². The summed E-state index contributed by atoms with van der Waals surface area (Å²) >= 11 is 0. The van der Waals surface area contributed by atoms with E-state index in [0.29, 0.717) is 57.8 Å². The van der Waals surface area contributed by atoms with Crippen molar-refractivity contribution in [3.05, 3.63) is 59.6 Å². The number of benzene rings is 2. The van der Waals surface area contributed by atoms with Crippen LogP contribution >= 0.6 is 0 Å². The zero-order valence-electron chi connectivity index (χ0n) is 25.1. The lowest BCUT2D eigenvalue weighted by atomic mass is 9.93. The molecule has 4 aromatic rings. The molecule has 6 heterocycles. The average Bonchev–Trinajstić information content (AvgIpc) is 3.81. The lowest BCUT2D eigenvalue weighted by Crippen LogP contribution is -2.51. The second kappa shape index (κ2) is 10.1. The van der Waals surface area contributed by atoms with E-state index in [-0.39, 0.29) is 28.5 Å². The largest absolute Gasteiger partial charge is 0.508 e. The number of aromatic hydroxyl groups is 1. The van der Waals surface area contributed by atoms with E-state index >= 15 is 4.39 Å². The normalized spacial score (nSPS) is 27.2. The Bertz CT molecular complexity index is 1940. The van der Waals surface area contributed by atoms with E-state index < -0.39 is 5.82 Å². The number of phenols is 1. The molecule has 228 valence electrons. The summed E-state index contributed by atoms with van der Waals surface area (Å²) in [5, 5.41) is 16.2. The Hall–Kier alpha value is -4.26. The number of hydrogen-bond acceptors (Lipinski definition) is 8. The molecule has 2 aromatic carbocycles. The van der Waals surface area contributed by atoms with Crippen LogP contribution in [0.1, 0.15) is 50.5 Å². The molecule has 4 fully saturated rings. The number of nitrogens with one attached hydrogen (secondary N) is 1. The van der Waals surface area contributed by atoms with E-state index in [9.17, 15) is 5.11 Å². The topological polar surface area (TPSA) is 86.6 Å². The van der Waals surface area contributed by atoms with Gasteiger partial charge in [-0.2, -0.15) is 9.97 Å². The van der Waals surface area contributed by atoms with Crippen LogP contribution in [0.2, 0.25) is 0 Å². The first-order chi connectivity index (χ1) is 22.0. The number of phenolic OH excluding ortho intramolecular Hbond substituents is 1. The van der Waals surface area contributed by atoms with Crippen LogP contribution in [0.4, 0.5) is 10.2 Å². The maximum atomic E-state index is 16.9. The molecule has 9 heteroatoms. The van der Waals surface area contributed by atoms with Crippen LogP contribution in [0.3, 0.4) is 0 Å². The first-order valence-corrected chi connectivity index (χ1v) is 16.2. The highest BCUT2D eigenvalue weighted by Crippen LogP contribution is 2.49. The van der Waals surface area contributed by atoms with Gasteiger partial charge in [-0.15, -0.1) is 6.42 Å². The van der Waals surface area contributed by atoms with Crippen molar-refractivity contribution in [2.75, 3.05) is 31.1 Å². The molecule has 1 aliphatic carbocycles. The summed E-state index contributed by atoms with van der Waals surface area (Å²) < 4.78 is 23.4. The number of piperazine rings is 1. The Morgan fingerprint density at radius 1 is 1.16 bits per heavy atom. The molecule has 2 aromatic heterocycles. The molecule has 0 amide bonds. The fourth-order valence-corrected chi connectivity index (χ4v) is 8.92. The van der Waals surface area contributed by atoms with Gasteiger partial charge in [0.25, 0.3) is 0 Å². The van der Waals surface area contributed by atoms with Crippen LogP contribution in [-0.4, -0.2) is 74.9 Å². The average molecular weight is 603 g/mol. The van der Waals surface area contributed by atoms with Gasteiger partial charge in [0.1, 0.15) is 29.4 Å². The zero-order valence-corrected chi connectivity index (χ0v) is 25.1. The number of allylic oxidation sites excluding steroid dienone is 1. The van der Waals surface area contributed by atoms with Crippen molar-refractivity contribution < 1.29 is 14.2 Å². The Kier molecular flexibility index (Phi) is 6.10. The Balaban J connectivity index is 1.17. The summed E-state index contributed by atoms with van der Waals surface area (Å²) in [6.07, 6.45) is 17.7. The van der Waals surface area contributed by atoms with Crippen LogP contribution in [0.5, 0.6) is 11.8 Å². The number of anilines is 1. The number of nitrogens with zero attached hydrogens (tertiary/aromatic N) is 5. The molecular formula is C36H35FN6O2. The number of fused-ring (bicyclic) bond motifs is 7. The summed E-state index contributed by atoms with van der Waals surface area (Å²) in [7, 11) is 0. The van der Waals surface area contributed by atoms with Crippen LogP contribution in [-0.2, 0) is 0 Å². The van der Waals surface area contributed by atoms with Gasteiger partial charge in [-0.25, -0.2) is 4.39 Å². The van der Waals surface area contributed by atoms with Crippen molar-refractivity contribution in [2.24, 2.45) is 0 Å². The van der Waals surface area contributed by atoms with E-state index in [2.05, 4.69) is 32.1 Å². The minimum Gasteiger partial charge on any atom is -0.508 e. The molecule has 45 heavy (non-hydrogen) atoms. The molecular weight excluding hydrogens is 567 g/mol. The Morgan fingerprint density at radius 2 is 2.02 bits per heavy atom. The third kappa shape index (κ3) is 4.23. The highest BCUT2D eigenvalue weighted by Gasteiger charge is 2.52. The second-order valence-electron chi connectivity index (χ2n) is 13.5. The Labute approximate surface area is 261 Å². The monoisotopic (exact) mass is 602 g/mol. The lowest BCUT2D eigenvalue weighted by Gasteiger charge is -2.35. The second-order valence-corrected chi connectivity index (χ2v) is 13.5. The Morgan fingerprint density at radius 3 is 2.87 bits per heavy atom. The quantitative estimate of drug-likeness (QED) is 0.235. The van der Waals surface area contributed by atoms with E-state index in [1.54, 1.807) is 17.8 Å². The number of hydrogen-bond donors (Lipinski definition) is 2. The van der Waals surface area contributed by atoms with E-state index in [0.717, 1.165) is 58.2 Å². The van der Waals surface area contributed by atoms with Crippen molar-refractivity contribution in [1.29, 1.82) is 0 Å². The van der Waals surface area contributed by atoms with Crippen LogP contribution < -0.4 is 15.0 Å². The fraction of sp³-hybridized carbons (Fsp3) is 0.417. The van der Waals surface area contributed by atoms with Gasteiger partial charge in [-0.05, 0) is 75.1 Å². The number of ether oxygens (including phenoxy) is 1. The predicted molar refractivity (Wildman–Crippen MR) is 172 cm³/mol. The van der Waals surface area contributed by atoms with Gasteiger partial charge >= 0.3 is 6.01 Å². The number of halogens is 1. The minimum atomic E-state index is -0.584. The number of rotatable bonds is 5. The van der Waals surface area contributed by atoms with Gasteiger partial charge in [-0.1, -0.05) is 29.7 Å². The third-order valence-electron chi connectivity index (χ3n) is 10.8. The lowest BCUT2D eigenvalue weighted by molar-refractivity contribution is 0.0837. The molecule has 4 saturated heterocycles. The van der Waals surface area contributed by atoms with E-state index in [4.69, 9.17) is 21.1 Å². The first kappa shape index (κ1) is 27.1. The van der Waals surface area contributed by atoms with Crippen molar-refractivity contribution in [3.63, 3.8) is 0 Å². The predicted octanol–water partition coefficient (Wildman–Crippen LogP) is 5.32. The van der Waals surface area contributed by atoms with Gasteiger partial charge in [0.2, 0.25) is 0 Å². The van der Waals surface area contributed by atoms with Crippen molar-refractivity contribution in [3.8, 4) is 35.4 Å². The van der Waals surface area contributed by atoms with E-state index in [1.807, 2.05) is 18.2 Å². The maximum absolute atomic E-state index is 16.9. The van der Waals surface area contributed by atoms with Gasteiger partial charge in [0, 0.05) is 53.9 Å². The zero-order chi connectivity index (χ0) is 30.3. The summed E-state index contributed by atoms with van der Waals surface area (Å²) in [5.74, 6) is 2.79. The molecule has 2 bridgehead atoms. The molecule has 4 atom stereocenters. The highest BCUT2D eigenvalue weighted by molar-refractivity contribution is 6.02. The van der Waals surface area contributed by atoms with Crippen LogP contribution in [0, 0.1) is 18.2 Å². The number of terminal acetylenes is 1. The van der Waals surface area contributed by atoms with Gasteiger partial charge < -0.3 is 20.1 Å².